The highest BCUT2D eigenvalue weighted by atomic mass is 16.2. The monoisotopic (exact) mass is 401 g/mol. The molecule has 0 atom stereocenters. The van der Waals surface area contributed by atoms with E-state index in [1.807, 2.05) is 32.0 Å². The summed E-state index contributed by atoms with van der Waals surface area (Å²) in [5.74, 6) is -0.232. The average Bonchev–Trinajstić information content (AvgIpc) is 3.30. The Labute approximate surface area is 177 Å². The molecule has 3 aromatic rings. The van der Waals surface area contributed by atoms with Crippen LogP contribution < -0.4 is 10.2 Å². The fourth-order valence-electron chi connectivity index (χ4n) is 4.44. The van der Waals surface area contributed by atoms with Crippen molar-refractivity contribution in [3.05, 3.63) is 82.2 Å². The van der Waals surface area contributed by atoms with Crippen molar-refractivity contribution in [2.24, 2.45) is 0 Å². The second-order valence-electron chi connectivity index (χ2n) is 7.80. The number of fused-ring (bicyclic) bond motifs is 1. The van der Waals surface area contributed by atoms with E-state index >= 15 is 0 Å². The lowest BCUT2D eigenvalue weighted by molar-refractivity contribution is 0.101. The number of ketones is 1. The molecular formula is C25H27N3O2. The fraction of sp³-hybridized carbons (Fsp3) is 0.280. The van der Waals surface area contributed by atoms with Crippen LogP contribution in [0, 0.1) is 6.92 Å². The van der Waals surface area contributed by atoms with Gasteiger partial charge in [-0.3, -0.25) is 9.59 Å². The Bertz CT molecular complexity index is 1110. The number of amides is 1. The number of hydrogen-bond acceptors (Lipinski definition) is 3. The summed E-state index contributed by atoms with van der Waals surface area (Å²) in [6, 6.07) is 16.4. The van der Waals surface area contributed by atoms with E-state index in [0.717, 1.165) is 42.0 Å². The van der Waals surface area contributed by atoms with Gasteiger partial charge in [-0.15, -0.1) is 0 Å². The van der Waals surface area contributed by atoms with E-state index in [4.69, 9.17) is 0 Å². The molecule has 154 valence electrons. The molecule has 1 aliphatic heterocycles. The Hall–Kier alpha value is -3.34. The molecule has 2 heterocycles. The number of nitrogens with zero attached hydrogens (tertiary/aromatic N) is 1. The molecule has 0 bridgehead atoms. The molecule has 0 fully saturated rings. The molecule has 1 amide bonds. The highest BCUT2D eigenvalue weighted by molar-refractivity contribution is 6.08. The molecule has 0 unspecified atom stereocenters. The van der Waals surface area contributed by atoms with Gasteiger partial charge < -0.3 is 15.2 Å². The lowest BCUT2D eigenvalue weighted by atomic mass is 10.0. The van der Waals surface area contributed by atoms with E-state index < -0.39 is 0 Å². The van der Waals surface area contributed by atoms with Crippen molar-refractivity contribution in [1.29, 1.82) is 0 Å². The van der Waals surface area contributed by atoms with E-state index in [-0.39, 0.29) is 11.7 Å². The topological polar surface area (TPSA) is 65.2 Å². The summed E-state index contributed by atoms with van der Waals surface area (Å²) in [7, 11) is 0. The van der Waals surface area contributed by atoms with Crippen molar-refractivity contribution in [2.45, 2.75) is 40.2 Å². The number of Topliss-reactive ketones (excluding diaryl/α,β-unsaturated/α-hetero) is 1. The SMILES string of the molecule is CCc1c(C(=O)Nc2ccccc2CN2CCc3ccccc32)[nH]c(C)c1C(C)=O. The summed E-state index contributed by atoms with van der Waals surface area (Å²) in [6.45, 7) is 7.05. The van der Waals surface area contributed by atoms with Crippen LogP contribution >= 0.6 is 0 Å². The Balaban J connectivity index is 1.59. The molecule has 2 aromatic carbocycles. The number of hydrogen-bond donors (Lipinski definition) is 2. The third kappa shape index (κ3) is 3.63. The zero-order valence-electron chi connectivity index (χ0n) is 17.7. The summed E-state index contributed by atoms with van der Waals surface area (Å²) in [5.41, 5.74) is 7.12. The maximum atomic E-state index is 13.1. The van der Waals surface area contributed by atoms with Crippen molar-refractivity contribution in [1.82, 2.24) is 4.98 Å². The van der Waals surface area contributed by atoms with Crippen LogP contribution in [0.4, 0.5) is 11.4 Å². The van der Waals surface area contributed by atoms with E-state index in [1.54, 1.807) is 6.92 Å². The van der Waals surface area contributed by atoms with E-state index in [0.29, 0.717) is 17.7 Å². The maximum Gasteiger partial charge on any atom is 0.272 e. The van der Waals surface area contributed by atoms with Gasteiger partial charge in [-0.1, -0.05) is 43.3 Å². The minimum absolute atomic E-state index is 0.0206. The van der Waals surface area contributed by atoms with Crippen LogP contribution in [-0.4, -0.2) is 23.2 Å². The van der Waals surface area contributed by atoms with E-state index in [9.17, 15) is 9.59 Å². The average molecular weight is 402 g/mol. The number of aromatic nitrogens is 1. The molecule has 30 heavy (non-hydrogen) atoms. The molecular weight excluding hydrogens is 374 g/mol. The van der Waals surface area contributed by atoms with E-state index in [1.165, 1.54) is 11.3 Å². The third-order valence-corrected chi connectivity index (χ3v) is 5.83. The number of aromatic amines is 1. The fourth-order valence-corrected chi connectivity index (χ4v) is 4.44. The van der Waals surface area contributed by atoms with Gasteiger partial charge in [0.2, 0.25) is 0 Å². The minimum Gasteiger partial charge on any atom is -0.367 e. The number of aryl methyl sites for hydroxylation is 1. The van der Waals surface area contributed by atoms with Crippen LogP contribution in [0.3, 0.4) is 0 Å². The third-order valence-electron chi connectivity index (χ3n) is 5.83. The number of anilines is 2. The molecule has 1 aromatic heterocycles. The van der Waals surface area contributed by atoms with Crippen LogP contribution in [0.15, 0.2) is 48.5 Å². The molecule has 0 radical (unpaired) electrons. The highest BCUT2D eigenvalue weighted by Gasteiger charge is 2.23. The number of H-pyrrole nitrogens is 1. The summed E-state index contributed by atoms with van der Waals surface area (Å²) < 4.78 is 0. The van der Waals surface area contributed by atoms with Gasteiger partial charge in [-0.05, 0) is 55.5 Å². The molecule has 0 saturated heterocycles. The van der Waals surface area contributed by atoms with Crippen LogP contribution in [0.5, 0.6) is 0 Å². The van der Waals surface area contributed by atoms with Gasteiger partial charge in [0, 0.05) is 35.7 Å². The normalized spacial score (nSPS) is 12.7. The predicted molar refractivity (Wildman–Crippen MR) is 121 cm³/mol. The summed E-state index contributed by atoms with van der Waals surface area (Å²) in [4.78, 5) is 30.6. The van der Waals surface area contributed by atoms with Gasteiger partial charge in [-0.25, -0.2) is 0 Å². The first-order valence-electron chi connectivity index (χ1n) is 10.4. The molecule has 5 heteroatoms. The van der Waals surface area contributed by atoms with Gasteiger partial charge in [0.15, 0.2) is 5.78 Å². The summed E-state index contributed by atoms with van der Waals surface area (Å²) >= 11 is 0. The van der Waals surface area contributed by atoms with Crippen molar-refractivity contribution in [3.63, 3.8) is 0 Å². The number of rotatable bonds is 6. The number of carbonyl (C=O) groups is 2. The molecule has 4 rings (SSSR count). The summed E-state index contributed by atoms with van der Waals surface area (Å²) in [5, 5.41) is 3.07. The van der Waals surface area contributed by atoms with Gasteiger partial charge >= 0.3 is 0 Å². The number of nitrogens with one attached hydrogen (secondary N) is 2. The van der Waals surface area contributed by atoms with Crippen LogP contribution in [0.1, 0.15) is 57.1 Å². The lowest BCUT2D eigenvalue weighted by Crippen LogP contribution is -2.22. The first kappa shape index (κ1) is 20.0. The van der Waals surface area contributed by atoms with Crippen LogP contribution in [-0.2, 0) is 19.4 Å². The van der Waals surface area contributed by atoms with Crippen molar-refractivity contribution in [2.75, 3.05) is 16.8 Å². The number of carbonyl (C=O) groups excluding carboxylic acids is 2. The zero-order valence-corrected chi connectivity index (χ0v) is 17.7. The minimum atomic E-state index is -0.211. The molecule has 0 aliphatic carbocycles. The smallest absolute Gasteiger partial charge is 0.272 e. The lowest BCUT2D eigenvalue weighted by Gasteiger charge is -2.21. The molecule has 0 spiro atoms. The Morgan fingerprint density at radius 1 is 1.10 bits per heavy atom. The van der Waals surface area contributed by atoms with Gasteiger partial charge in [0.05, 0.1) is 0 Å². The van der Waals surface area contributed by atoms with Crippen molar-refractivity contribution < 1.29 is 9.59 Å². The van der Waals surface area contributed by atoms with Crippen LogP contribution in [0.2, 0.25) is 0 Å². The van der Waals surface area contributed by atoms with Gasteiger partial charge in [0.1, 0.15) is 5.69 Å². The maximum absolute atomic E-state index is 13.1. The molecule has 5 nitrogen and oxygen atoms in total. The Morgan fingerprint density at radius 3 is 2.60 bits per heavy atom. The number of para-hydroxylation sites is 2. The second-order valence-corrected chi connectivity index (χ2v) is 7.80. The van der Waals surface area contributed by atoms with E-state index in [2.05, 4.69) is 45.5 Å². The first-order chi connectivity index (χ1) is 14.5. The van der Waals surface area contributed by atoms with Gasteiger partial charge in [0.25, 0.3) is 5.91 Å². The first-order valence-corrected chi connectivity index (χ1v) is 10.4. The highest BCUT2D eigenvalue weighted by Crippen LogP contribution is 2.30. The molecule has 1 aliphatic rings. The molecule has 0 saturated carbocycles. The molecule has 2 N–H and O–H groups in total. The van der Waals surface area contributed by atoms with Crippen LogP contribution in [0.25, 0.3) is 0 Å². The predicted octanol–water partition coefficient (Wildman–Crippen LogP) is 4.90. The van der Waals surface area contributed by atoms with Gasteiger partial charge in [-0.2, -0.15) is 0 Å². The standard InChI is InChI=1S/C25H27N3O2/c1-4-20-23(17(3)29)16(2)26-24(20)25(30)27-21-11-7-5-10-19(21)15-28-14-13-18-9-6-8-12-22(18)28/h5-12,26H,4,13-15H2,1-3H3,(H,27,30). The second kappa shape index (κ2) is 8.19. The summed E-state index contributed by atoms with van der Waals surface area (Å²) in [6.07, 6.45) is 1.66. The quantitative estimate of drug-likeness (QED) is 0.577. The van der Waals surface area contributed by atoms with Crippen molar-refractivity contribution in [3.8, 4) is 0 Å². The zero-order chi connectivity index (χ0) is 21.3. The Kier molecular flexibility index (Phi) is 5.44. The Morgan fingerprint density at radius 2 is 1.83 bits per heavy atom. The number of benzene rings is 2. The largest absolute Gasteiger partial charge is 0.367 e. The van der Waals surface area contributed by atoms with Crippen molar-refractivity contribution >= 4 is 23.1 Å².